The maximum absolute atomic E-state index is 6.25. The van der Waals surface area contributed by atoms with Gasteiger partial charge >= 0.3 is 7.12 Å². The van der Waals surface area contributed by atoms with Crippen molar-refractivity contribution in [2.45, 2.75) is 84.5 Å². The van der Waals surface area contributed by atoms with Gasteiger partial charge in [-0.2, -0.15) is 0 Å². The van der Waals surface area contributed by atoms with E-state index < -0.39 is 0 Å². The lowest BCUT2D eigenvalue weighted by molar-refractivity contribution is 0.00578. The van der Waals surface area contributed by atoms with Crippen LogP contribution >= 0.6 is 0 Å². The summed E-state index contributed by atoms with van der Waals surface area (Å²) in [6.07, 6.45) is 1.17. The second kappa shape index (κ2) is 5.50. The quantitative estimate of drug-likeness (QED) is 0.769. The van der Waals surface area contributed by atoms with Crippen molar-refractivity contribution in [3.63, 3.8) is 0 Å². The molecule has 1 fully saturated rings. The van der Waals surface area contributed by atoms with E-state index in [0.29, 0.717) is 6.04 Å². The lowest BCUT2D eigenvalue weighted by atomic mass is 9.71. The largest absolute Gasteiger partial charge is 0.494 e. The fourth-order valence-electron chi connectivity index (χ4n) is 3.66. The maximum atomic E-state index is 6.25. The van der Waals surface area contributed by atoms with E-state index in [-0.39, 0.29) is 23.7 Å². The zero-order chi connectivity index (χ0) is 17.9. The van der Waals surface area contributed by atoms with Gasteiger partial charge in [0, 0.05) is 18.3 Å². The molecule has 0 radical (unpaired) electrons. The molecule has 0 atom stereocenters. The predicted molar refractivity (Wildman–Crippen MR) is 102 cm³/mol. The molecule has 0 spiro atoms. The van der Waals surface area contributed by atoms with E-state index in [9.17, 15) is 0 Å². The predicted octanol–water partition coefficient (Wildman–Crippen LogP) is 3.88. The minimum Gasteiger partial charge on any atom is -0.399 e. The number of hydrogen-bond donors (Lipinski definition) is 0. The van der Waals surface area contributed by atoms with Crippen LogP contribution < -0.4 is 10.4 Å². The molecule has 0 bridgehead atoms. The first-order valence-electron chi connectivity index (χ1n) is 9.21. The van der Waals surface area contributed by atoms with Crippen LogP contribution in [-0.4, -0.2) is 30.9 Å². The Labute approximate surface area is 147 Å². The van der Waals surface area contributed by atoms with Crippen LogP contribution in [-0.2, 0) is 14.7 Å². The molecule has 3 nitrogen and oxygen atoms in total. The lowest BCUT2D eigenvalue weighted by Gasteiger charge is -2.42. The molecule has 132 valence electrons. The van der Waals surface area contributed by atoms with E-state index in [0.717, 1.165) is 12.0 Å². The van der Waals surface area contributed by atoms with Gasteiger partial charge in [-0.05, 0) is 70.5 Å². The van der Waals surface area contributed by atoms with Crippen molar-refractivity contribution < 1.29 is 9.31 Å². The molecule has 0 aromatic heterocycles. The highest BCUT2D eigenvalue weighted by atomic mass is 16.7. The number of anilines is 1. The Hall–Kier alpha value is -0.995. The fraction of sp³-hybridized carbons (Fsp3) is 0.700. The van der Waals surface area contributed by atoms with E-state index in [4.69, 9.17) is 9.31 Å². The molecule has 2 heterocycles. The first-order chi connectivity index (χ1) is 10.9. The van der Waals surface area contributed by atoms with E-state index >= 15 is 0 Å². The third-order valence-electron chi connectivity index (χ3n) is 6.19. The first-order valence-corrected chi connectivity index (χ1v) is 9.21. The zero-order valence-electron chi connectivity index (χ0n) is 16.6. The van der Waals surface area contributed by atoms with Gasteiger partial charge in [-0.25, -0.2) is 0 Å². The number of benzene rings is 1. The topological polar surface area (TPSA) is 21.7 Å². The van der Waals surface area contributed by atoms with Crippen molar-refractivity contribution in [1.29, 1.82) is 0 Å². The van der Waals surface area contributed by atoms with Crippen molar-refractivity contribution in [2.24, 2.45) is 0 Å². The molecular formula is C20H32BNO2. The minimum atomic E-state index is -0.299. The molecule has 0 saturated carbocycles. The van der Waals surface area contributed by atoms with Gasteiger partial charge in [0.25, 0.3) is 0 Å². The number of fused-ring (bicyclic) bond motifs is 1. The summed E-state index contributed by atoms with van der Waals surface area (Å²) in [6, 6.07) is 7.27. The number of hydrogen-bond acceptors (Lipinski definition) is 3. The van der Waals surface area contributed by atoms with Crippen LogP contribution in [0, 0.1) is 0 Å². The van der Waals surface area contributed by atoms with Crippen LogP contribution in [0.3, 0.4) is 0 Å². The van der Waals surface area contributed by atoms with Gasteiger partial charge in [-0.15, -0.1) is 0 Å². The summed E-state index contributed by atoms with van der Waals surface area (Å²) < 4.78 is 12.5. The van der Waals surface area contributed by atoms with Crippen LogP contribution in [0.2, 0.25) is 0 Å². The highest BCUT2D eigenvalue weighted by Crippen LogP contribution is 2.41. The molecule has 0 unspecified atom stereocenters. The second-order valence-electron chi connectivity index (χ2n) is 9.29. The van der Waals surface area contributed by atoms with E-state index in [2.05, 4.69) is 78.5 Å². The Bertz CT molecular complexity index is 621. The highest BCUT2D eigenvalue weighted by molar-refractivity contribution is 6.62. The van der Waals surface area contributed by atoms with E-state index in [1.807, 2.05) is 0 Å². The molecule has 1 saturated heterocycles. The molecule has 1 aromatic rings. The monoisotopic (exact) mass is 329 g/mol. The van der Waals surface area contributed by atoms with Gasteiger partial charge < -0.3 is 14.2 Å². The molecule has 1 aromatic carbocycles. The fourth-order valence-corrected chi connectivity index (χ4v) is 3.66. The Morgan fingerprint density at radius 1 is 1.00 bits per heavy atom. The van der Waals surface area contributed by atoms with Gasteiger partial charge in [0.15, 0.2) is 0 Å². The summed E-state index contributed by atoms with van der Waals surface area (Å²) >= 11 is 0. The average molecular weight is 329 g/mol. The van der Waals surface area contributed by atoms with Gasteiger partial charge in [0.1, 0.15) is 0 Å². The van der Waals surface area contributed by atoms with E-state index in [1.54, 1.807) is 0 Å². The Morgan fingerprint density at radius 3 is 2.12 bits per heavy atom. The van der Waals surface area contributed by atoms with Gasteiger partial charge in [0.2, 0.25) is 0 Å². The summed E-state index contributed by atoms with van der Waals surface area (Å²) in [5.74, 6) is 0. The van der Waals surface area contributed by atoms with Crippen molar-refractivity contribution >= 4 is 18.3 Å². The van der Waals surface area contributed by atoms with Crippen LogP contribution in [0.15, 0.2) is 18.2 Å². The Morgan fingerprint density at radius 2 is 1.58 bits per heavy atom. The third-order valence-corrected chi connectivity index (χ3v) is 6.19. The number of nitrogens with zero attached hydrogens (tertiary/aromatic N) is 1. The first kappa shape index (κ1) is 17.8. The molecular weight excluding hydrogens is 297 g/mol. The molecule has 4 heteroatoms. The summed E-state index contributed by atoms with van der Waals surface area (Å²) in [5, 5.41) is 0. The molecule has 0 N–H and O–H groups in total. The van der Waals surface area contributed by atoms with Crippen LogP contribution in [0.4, 0.5) is 5.69 Å². The van der Waals surface area contributed by atoms with Crippen molar-refractivity contribution in [1.82, 2.24) is 0 Å². The van der Waals surface area contributed by atoms with Crippen LogP contribution in [0.25, 0.3) is 0 Å². The van der Waals surface area contributed by atoms with Gasteiger partial charge in [0.05, 0.1) is 11.2 Å². The summed E-state index contributed by atoms with van der Waals surface area (Å²) in [5.41, 5.74) is 3.49. The second-order valence-corrected chi connectivity index (χ2v) is 9.29. The highest BCUT2D eigenvalue weighted by Gasteiger charge is 2.52. The molecule has 0 aliphatic carbocycles. The van der Waals surface area contributed by atoms with Crippen LogP contribution in [0.5, 0.6) is 0 Å². The van der Waals surface area contributed by atoms with Crippen molar-refractivity contribution in [3.05, 3.63) is 23.8 Å². The molecule has 24 heavy (non-hydrogen) atoms. The minimum absolute atomic E-state index is 0.181. The summed E-state index contributed by atoms with van der Waals surface area (Å²) in [7, 11) is -0.287. The van der Waals surface area contributed by atoms with Crippen molar-refractivity contribution in [3.8, 4) is 0 Å². The molecule has 0 amide bonds. The Kier molecular flexibility index (Phi) is 4.08. The van der Waals surface area contributed by atoms with Gasteiger partial charge in [-0.3, -0.25) is 0 Å². The Balaban J connectivity index is 1.99. The SMILES string of the molecule is CC(C)N1CCC(C)(C)c2cc(B3OC(C)(C)C(C)(C)O3)ccc21. The summed E-state index contributed by atoms with van der Waals surface area (Å²) in [4.78, 5) is 2.51. The third kappa shape index (κ3) is 2.78. The molecule has 2 aliphatic rings. The maximum Gasteiger partial charge on any atom is 0.494 e. The standard InChI is InChI=1S/C20H32BNO2/c1-14(2)22-12-11-18(3,4)16-13-15(9-10-17(16)22)21-23-19(5,6)20(7,8)24-21/h9-10,13-14H,11-12H2,1-8H3. The normalized spacial score (nSPS) is 24.4. The summed E-state index contributed by atoms with van der Waals surface area (Å²) in [6.45, 7) is 18.8. The van der Waals surface area contributed by atoms with Crippen molar-refractivity contribution in [2.75, 3.05) is 11.4 Å². The smallest absolute Gasteiger partial charge is 0.399 e. The lowest BCUT2D eigenvalue weighted by Crippen LogP contribution is -2.43. The van der Waals surface area contributed by atoms with Crippen LogP contribution in [0.1, 0.15) is 67.4 Å². The molecule has 2 aliphatic heterocycles. The zero-order valence-corrected chi connectivity index (χ0v) is 16.6. The number of rotatable bonds is 2. The van der Waals surface area contributed by atoms with Gasteiger partial charge in [-0.1, -0.05) is 26.0 Å². The molecule has 3 rings (SSSR count). The average Bonchev–Trinajstić information content (AvgIpc) is 2.67. The van der Waals surface area contributed by atoms with E-state index in [1.165, 1.54) is 17.7 Å².